The SMILES string of the molecule is COc1cccc(-c2nc(C(=O)NCC(C)CCO)c(C)[nH]2)c1. The number of methoxy groups -OCH3 is 1. The third-order valence-electron chi connectivity index (χ3n) is 3.68. The average molecular weight is 317 g/mol. The molecule has 0 radical (unpaired) electrons. The number of aliphatic hydroxyl groups excluding tert-OH is 1. The van der Waals surface area contributed by atoms with Gasteiger partial charge in [-0.05, 0) is 31.4 Å². The molecule has 2 rings (SSSR count). The molecule has 23 heavy (non-hydrogen) atoms. The minimum atomic E-state index is -0.210. The van der Waals surface area contributed by atoms with Gasteiger partial charge in [0.1, 0.15) is 17.3 Å². The van der Waals surface area contributed by atoms with Gasteiger partial charge >= 0.3 is 0 Å². The molecular weight excluding hydrogens is 294 g/mol. The number of amides is 1. The predicted molar refractivity (Wildman–Crippen MR) is 88.5 cm³/mol. The van der Waals surface area contributed by atoms with Crippen LogP contribution in [0.25, 0.3) is 11.4 Å². The molecule has 2 aromatic rings. The van der Waals surface area contributed by atoms with E-state index >= 15 is 0 Å². The van der Waals surface area contributed by atoms with Gasteiger partial charge in [0.25, 0.3) is 5.91 Å². The number of carbonyl (C=O) groups is 1. The number of hydrogen-bond donors (Lipinski definition) is 3. The number of benzene rings is 1. The van der Waals surface area contributed by atoms with Crippen LogP contribution in [-0.4, -0.2) is 41.2 Å². The number of rotatable bonds is 7. The molecule has 3 N–H and O–H groups in total. The number of aromatic amines is 1. The highest BCUT2D eigenvalue weighted by Crippen LogP contribution is 2.22. The number of aromatic nitrogens is 2. The summed E-state index contributed by atoms with van der Waals surface area (Å²) in [5, 5.41) is 11.7. The third kappa shape index (κ3) is 4.32. The van der Waals surface area contributed by atoms with E-state index in [0.717, 1.165) is 17.0 Å². The lowest BCUT2D eigenvalue weighted by Crippen LogP contribution is -2.29. The zero-order chi connectivity index (χ0) is 16.8. The summed E-state index contributed by atoms with van der Waals surface area (Å²) in [6.07, 6.45) is 0.662. The Bertz CT molecular complexity index is 667. The lowest BCUT2D eigenvalue weighted by atomic mass is 10.1. The molecule has 1 aromatic heterocycles. The monoisotopic (exact) mass is 317 g/mol. The Hall–Kier alpha value is -2.34. The molecule has 0 spiro atoms. The van der Waals surface area contributed by atoms with Crippen molar-refractivity contribution in [3.05, 3.63) is 35.7 Å². The molecule has 6 nitrogen and oxygen atoms in total. The first-order chi connectivity index (χ1) is 11.0. The number of nitrogens with one attached hydrogen (secondary N) is 2. The van der Waals surface area contributed by atoms with Crippen molar-refractivity contribution in [3.8, 4) is 17.1 Å². The minimum absolute atomic E-state index is 0.123. The second kappa shape index (κ2) is 7.78. The molecule has 0 bridgehead atoms. The van der Waals surface area contributed by atoms with Crippen LogP contribution in [0, 0.1) is 12.8 Å². The summed E-state index contributed by atoms with van der Waals surface area (Å²) in [6.45, 7) is 4.44. The standard InChI is InChI=1S/C17H23N3O3/c1-11(7-8-21)10-18-17(22)15-12(2)19-16(20-15)13-5-4-6-14(9-13)23-3/h4-6,9,11,21H,7-8,10H2,1-3H3,(H,18,22)(H,19,20). The molecule has 0 aliphatic heterocycles. The van der Waals surface area contributed by atoms with Gasteiger partial charge in [-0.25, -0.2) is 4.98 Å². The van der Waals surface area contributed by atoms with E-state index in [1.54, 1.807) is 7.11 Å². The van der Waals surface area contributed by atoms with E-state index in [1.807, 2.05) is 38.1 Å². The van der Waals surface area contributed by atoms with Gasteiger partial charge in [0, 0.05) is 24.4 Å². The largest absolute Gasteiger partial charge is 0.497 e. The van der Waals surface area contributed by atoms with Crippen LogP contribution in [0.5, 0.6) is 5.75 Å². The number of nitrogens with zero attached hydrogens (tertiary/aromatic N) is 1. The lowest BCUT2D eigenvalue weighted by Gasteiger charge is -2.10. The zero-order valence-electron chi connectivity index (χ0n) is 13.7. The van der Waals surface area contributed by atoms with Gasteiger partial charge in [0.2, 0.25) is 0 Å². The molecule has 1 amide bonds. The fraction of sp³-hybridized carbons (Fsp3) is 0.412. The molecule has 0 aliphatic rings. The summed E-state index contributed by atoms with van der Waals surface area (Å²) >= 11 is 0. The smallest absolute Gasteiger partial charge is 0.271 e. The summed E-state index contributed by atoms with van der Waals surface area (Å²) in [5.74, 6) is 1.38. The average Bonchev–Trinajstić information content (AvgIpc) is 2.95. The Morgan fingerprint density at radius 2 is 2.26 bits per heavy atom. The van der Waals surface area contributed by atoms with Crippen LogP contribution in [0.4, 0.5) is 0 Å². The number of carbonyl (C=O) groups excluding carboxylic acids is 1. The number of hydrogen-bond acceptors (Lipinski definition) is 4. The highest BCUT2D eigenvalue weighted by molar-refractivity contribution is 5.94. The first-order valence-electron chi connectivity index (χ1n) is 7.65. The van der Waals surface area contributed by atoms with Crippen LogP contribution in [0.15, 0.2) is 24.3 Å². The number of H-pyrrole nitrogens is 1. The molecule has 0 aliphatic carbocycles. The van der Waals surface area contributed by atoms with E-state index in [9.17, 15) is 4.79 Å². The van der Waals surface area contributed by atoms with E-state index < -0.39 is 0 Å². The number of aliphatic hydroxyl groups is 1. The normalized spacial score (nSPS) is 12.0. The molecular formula is C17H23N3O3. The number of aryl methyl sites for hydroxylation is 1. The van der Waals surface area contributed by atoms with Crippen LogP contribution in [0.2, 0.25) is 0 Å². The Kier molecular flexibility index (Phi) is 5.76. The van der Waals surface area contributed by atoms with Gasteiger partial charge in [0.05, 0.1) is 7.11 Å². The van der Waals surface area contributed by atoms with Crippen molar-refractivity contribution in [2.45, 2.75) is 20.3 Å². The van der Waals surface area contributed by atoms with Gasteiger partial charge in [-0.15, -0.1) is 0 Å². The highest BCUT2D eigenvalue weighted by Gasteiger charge is 2.16. The molecule has 1 aromatic carbocycles. The van der Waals surface area contributed by atoms with Gasteiger partial charge < -0.3 is 20.1 Å². The minimum Gasteiger partial charge on any atom is -0.497 e. The van der Waals surface area contributed by atoms with E-state index in [4.69, 9.17) is 9.84 Å². The van der Waals surface area contributed by atoms with Crippen molar-refractivity contribution in [3.63, 3.8) is 0 Å². The molecule has 0 saturated carbocycles. The van der Waals surface area contributed by atoms with Crippen molar-refractivity contribution in [2.24, 2.45) is 5.92 Å². The maximum absolute atomic E-state index is 12.3. The maximum atomic E-state index is 12.3. The Labute approximate surface area is 135 Å². The zero-order valence-corrected chi connectivity index (χ0v) is 13.7. The van der Waals surface area contributed by atoms with Crippen LogP contribution in [-0.2, 0) is 0 Å². The summed E-state index contributed by atoms with van der Waals surface area (Å²) < 4.78 is 5.21. The topological polar surface area (TPSA) is 87.2 Å². The van der Waals surface area contributed by atoms with Crippen LogP contribution in [0.1, 0.15) is 29.5 Å². The van der Waals surface area contributed by atoms with Gasteiger partial charge in [-0.1, -0.05) is 19.1 Å². The summed E-state index contributed by atoms with van der Waals surface area (Å²) in [7, 11) is 1.61. The molecule has 0 fully saturated rings. The van der Waals surface area contributed by atoms with E-state index in [2.05, 4.69) is 15.3 Å². The quantitative estimate of drug-likeness (QED) is 0.730. The number of ether oxygens (including phenoxy) is 1. The summed E-state index contributed by atoms with van der Waals surface area (Å²) in [5.41, 5.74) is 1.97. The fourth-order valence-electron chi connectivity index (χ4n) is 2.26. The highest BCUT2D eigenvalue weighted by atomic mass is 16.5. The Morgan fingerprint density at radius 1 is 1.48 bits per heavy atom. The third-order valence-corrected chi connectivity index (χ3v) is 3.68. The van der Waals surface area contributed by atoms with Gasteiger partial charge in [-0.3, -0.25) is 4.79 Å². The molecule has 1 atom stereocenters. The maximum Gasteiger partial charge on any atom is 0.271 e. The lowest BCUT2D eigenvalue weighted by molar-refractivity contribution is 0.0940. The van der Waals surface area contributed by atoms with Crippen molar-refractivity contribution >= 4 is 5.91 Å². The molecule has 1 unspecified atom stereocenters. The van der Waals surface area contributed by atoms with E-state index in [0.29, 0.717) is 24.5 Å². The van der Waals surface area contributed by atoms with Gasteiger partial charge in [-0.2, -0.15) is 0 Å². The van der Waals surface area contributed by atoms with Gasteiger partial charge in [0.15, 0.2) is 0 Å². The van der Waals surface area contributed by atoms with Crippen molar-refractivity contribution in [1.29, 1.82) is 0 Å². The number of imidazole rings is 1. The summed E-state index contributed by atoms with van der Waals surface area (Å²) in [6, 6.07) is 7.51. The molecule has 1 heterocycles. The van der Waals surface area contributed by atoms with Crippen molar-refractivity contribution in [1.82, 2.24) is 15.3 Å². The van der Waals surface area contributed by atoms with Crippen molar-refractivity contribution in [2.75, 3.05) is 20.3 Å². The van der Waals surface area contributed by atoms with Crippen LogP contribution >= 0.6 is 0 Å². The van der Waals surface area contributed by atoms with Crippen LogP contribution < -0.4 is 10.1 Å². The van der Waals surface area contributed by atoms with Crippen LogP contribution in [0.3, 0.4) is 0 Å². The Morgan fingerprint density at radius 3 is 2.96 bits per heavy atom. The van der Waals surface area contributed by atoms with E-state index in [-0.39, 0.29) is 18.4 Å². The second-order valence-electron chi connectivity index (χ2n) is 5.62. The molecule has 6 heteroatoms. The second-order valence-corrected chi connectivity index (χ2v) is 5.62. The van der Waals surface area contributed by atoms with E-state index in [1.165, 1.54) is 0 Å². The first-order valence-corrected chi connectivity index (χ1v) is 7.65. The summed E-state index contributed by atoms with van der Waals surface area (Å²) in [4.78, 5) is 19.8. The first kappa shape index (κ1) is 17.0. The Balaban J connectivity index is 2.12. The van der Waals surface area contributed by atoms with Crippen molar-refractivity contribution < 1.29 is 14.6 Å². The fourth-order valence-corrected chi connectivity index (χ4v) is 2.26. The predicted octanol–water partition coefficient (Wildman–Crippen LogP) is 2.14. The molecule has 0 saturated heterocycles. The molecule has 124 valence electrons.